The molecule has 0 aromatic rings. The molecule has 0 bridgehead atoms. The Labute approximate surface area is 74.7 Å². The van der Waals surface area contributed by atoms with E-state index in [4.69, 9.17) is 0 Å². The molecular weight excluding hydrogens is 150 g/mol. The van der Waals surface area contributed by atoms with Crippen LogP contribution in [-0.4, -0.2) is 12.5 Å². The molecule has 12 heavy (non-hydrogen) atoms. The van der Waals surface area contributed by atoms with Gasteiger partial charge in [-0.15, -0.1) is 0 Å². The molecule has 70 valence electrons. The number of amides is 1. The summed E-state index contributed by atoms with van der Waals surface area (Å²) in [7, 11) is 0. The molecule has 1 aliphatic carbocycles. The average molecular weight is 169 g/mol. The zero-order chi connectivity index (χ0) is 8.97. The molecule has 0 heterocycles. The van der Waals surface area contributed by atoms with Crippen LogP contribution in [0.1, 0.15) is 39.5 Å². The minimum atomic E-state index is 0.417. The summed E-state index contributed by atoms with van der Waals surface area (Å²) in [6, 6.07) is 0.417. The van der Waals surface area contributed by atoms with E-state index in [0.717, 1.165) is 18.7 Å². The number of hydrogen-bond donors (Lipinski definition) is 1. The highest BCUT2D eigenvalue weighted by Crippen LogP contribution is 2.27. The molecule has 0 aromatic heterocycles. The minimum Gasteiger partial charge on any atom is -0.356 e. The van der Waals surface area contributed by atoms with E-state index >= 15 is 0 Å². The Balaban J connectivity index is 2.51. The van der Waals surface area contributed by atoms with E-state index in [1.165, 1.54) is 19.3 Å². The second-order valence-electron chi connectivity index (χ2n) is 4.01. The Bertz CT molecular complexity index is 147. The molecule has 0 aliphatic heterocycles. The van der Waals surface area contributed by atoms with Gasteiger partial charge in [0.2, 0.25) is 6.41 Å². The highest BCUT2D eigenvalue weighted by atomic mass is 16.1. The summed E-state index contributed by atoms with van der Waals surface area (Å²) in [6.45, 7) is 4.53. The van der Waals surface area contributed by atoms with Crippen molar-refractivity contribution in [1.29, 1.82) is 0 Å². The molecule has 1 amide bonds. The maximum atomic E-state index is 10.3. The van der Waals surface area contributed by atoms with Crippen LogP contribution in [0.4, 0.5) is 0 Å². The topological polar surface area (TPSA) is 29.1 Å². The fraction of sp³-hybridized carbons (Fsp3) is 0.900. The van der Waals surface area contributed by atoms with Crippen LogP contribution in [0.25, 0.3) is 0 Å². The molecule has 0 saturated heterocycles. The first-order chi connectivity index (χ1) is 5.75. The quantitative estimate of drug-likeness (QED) is 0.497. The van der Waals surface area contributed by atoms with Gasteiger partial charge in [0.15, 0.2) is 0 Å². The van der Waals surface area contributed by atoms with E-state index < -0.39 is 0 Å². The second kappa shape index (κ2) is 4.48. The first-order valence-electron chi connectivity index (χ1n) is 4.95. The molecule has 3 atom stereocenters. The van der Waals surface area contributed by atoms with E-state index in [2.05, 4.69) is 19.2 Å². The van der Waals surface area contributed by atoms with E-state index in [1.807, 2.05) is 0 Å². The van der Waals surface area contributed by atoms with Crippen LogP contribution in [0.15, 0.2) is 0 Å². The Hall–Kier alpha value is -0.530. The molecule has 0 radical (unpaired) electrons. The Morgan fingerprint density at radius 1 is 1.25 bits per heavy atom. The summed E-state index contributed by atoms with van der Waals surface area (Å²) in [5, 5.41) is 2.92. The lowest BCUT2D eigenvalue weighted by Crippen LogP contribution is -2.35. The summed E-state index contributed by atoms with van der Waals surface area (Å²) in [4.78, 5) is 10.3. The van der Waals surface area contributed by atoms with Crippen molar-refractivity contribution >= 4 is 6.41 Å². The zero-order valence-corrected chi connectivity index (χ0v) is 8.05. The lowest BCUT2D eigenvalue weighted by molar-refractivity contribution is -0.110. The third-order valence-electron chi connectivity index (χ3n) is 3.24. The SMILES string of the molecule is CC1CCCCC(NC=O)C1C. The zero-order valence-electron chi connectivity index (χ0n) is 8.05. The van der Waals surface area contributed by atoms with Gasteiger partial charge in [0.1, 0.15) is 0 Å². The van der Waals surface area contributed by atoms with Gasteiger partial charge in [0.05, 0.1) is 0 Å². The van der Waals surface area contributed by atoms with Crippen LogP contribution in [0.5, 0.6) is 0 Å². The fourth-order valence-electron chi connectivity index (χ4n) is 2.08. The molecule has 0 spiro atoms. The molecule has 2 nitrogen and oxygen atoms in total. The lowest BCUT2D eigenvalue weighted by Gasteiger charge is -2.25. The van der Waals surface area contributed by atoms with Gasteiger partial charge in [-0.25, -0.2) is 0 Å². The number of carbonyl (C=O) groups is 1. The van der Waals surface area contributed by atoms with Gasteiger partial charge in [-0.05, 0) is 18.3 Å². The van der Waals surface area contributed by atoms with Crippen molar-refractivity contribution in [2.45, 2.75) is 45.6 Å². The number of carbonyl (C=O) groups excluding carboxylic acids is 1. The van der Waals surface area contributed by atoms with Gasteiger partial charge in [-0.2, -0.15) is 0 Å². The molecule has 1 N–H and O–H groups in total. The van der Waals surface area contributed by atoms with Crippen LogP contribution in [0.3, 0.4) is 0 Å². The van der Waals surface area contributed by atoms with E-state index in [0.29, 0.717) is 12.0 Å². The molecule has 1 rings (SSSR count). The smallest absolute Gasteiger partial charge is 0.207 e. The number of hydrogen-bond acceptors (Lipinski definition) is 1. The summed E-state index contributed by atoms with van der Waals surface area (Å²) >= 11 is 0. The van der Waals surface area contributed by atoms with Crippen molar-refractivity contribution in [1.82, 2.24) is 5.32 Å². The van der Waals surface area contributed by atoms with Crippen LogP contribution in [-0.2, 0) is 4.79 Å². The van der Waals surface area contributed by atoms with E-state index in [1.54, 1.807) is 0 Å². The summed E-state index contributed by atoms with van der Waals surface area (Å²) < 4.78 is 0. The molecule has 1 saturated carbocycles. The highest BCUT2D eigenvalue weighted by Gasteiger charge is 2.24. The number of nitrogens with one attached hydrogen (secondary N) is 1. The summed E-state index contributed by atoms with van der Waals surface area (Å²) in [5.41, 5.74) is 0. The molecule has 1 fully saturated rings. The molecule has 2 heteroatoms. The Kier molecular flexibility index (Phi) is 3.57. The first kappa shape index (κ1) is 9.56. The Morgan fingerprint density at radius 3 is 2.58 bits per heavy atom. The van der Waals surface area contributed by atoms with Gasteiger partial charge in [0, 0.05) is 6.04 Å². The van der Waals surface area contributed by atoms with Crippen molar-refractivity contribution in [3.8, 4) is 0 Å². The van der Waals surface area contributed by atoms with Gasteiger partial charge in [-0.3, -0.25) is 4.79 Å². The second-order valence-corrected chi connectivity index (χ2v) is 4.01. The van der Waals surface area contributed by atoms with Gasteiger partial charge in [-0.1, -0.05) is 33.1 Å². The largest absolute Gasteiger partial charge is 0.356 e. The molecular formula is C10H19NO. The summed E-state index contributed by atoms with van der Waals surface area (Å²) in [6.07, 6.45) is 5.91. The molecule has 3 unspecified atom stereocenters. The Morgan fingerprint density at radius 2 is 1.92 bits per heavy atom. The maximum Gasteiger partial charge on any atom is 0.207 e. The predicted molar refractivity (Wildman–Crippen MR) is 49.8 cm³/mol. The molecule has 0 aromatic carbocycles. The van der Waals surface area contributed by atoms with Gasteiger partial charge < -0.3 is 5.32 Å². The van der Waals surface area contributed by atoms with E-state index in [-0.39, 0.29) is 0 Å². The van der Waals surface area contributed by atoms with Crippen LogP contribution in [0.2, 0.25) is 0 Å². The van der Waals surface area contributed by atoms with Crippen molar-refractivity contribution in [2.75, 3.05) is 0 Å². The standard InChI is InChI=1S/C10H19NO/c1-8-5-3-4-6-10(9(8)2)11-7-12/h7-10H,3-6H2,1-2H3,(H,11,12). The predicted octanol–water partition coefficient (Wildman–Crippen LogP) is 1.95. The van der Waals surface area contributed by atoms with Crippen LogP contribution < -0.4 is 5.32 Å². The minimum absolute atomic E-state index is 0.417. The first-order valence-corrected chi connectivity index (χ1v) is 4.95. The monoisotopic (exact) mass is 169 g/mol. The van der Waals surface area contributed by atoms with Gasteiger partial charge in [0.25, 0.3) is 0 Å². The average Bonchev–Trinajstić information content (AvgIpc) is 2.20. The highest BCUT2D eigenvalue weighted by molar-refractivity contribution is 5.46. The third-order valence-corrected chi connectivity index (χ3v) is 3.24. The third kappa shape index (κ3) is 2.23. The summed E-state index contributed by atoms with van der Waals surface area (Å²) in [5.74, 6) is 1.39. The van der Waals surface area contributed by atoms with E-state index in [9.17, 15) is 4.79 Å². The maximum absolute atomic E-state index is 10.3. The number of rotatable bonds is 2. The van der Waals surface area contributed by atoms with Crippen molar-refractivity contribution < 1.29 is 4.79 Å². The fourth-order valence-corrected chi connectivity index (χ4v) is 2.08. The lowest BCUT2D eigenvalue weighted by atomic mass is 9.88. The molecule has 1 aliphatic rings. The van der Waals surface area contributed by atoms with Crippen molar-refractivity contribution in [2.24, 2.45) is 11.8 Å². The van der Waals surface area contributed by atoms with Gasteiger partial charge >= 0.3 is 0 Å². The van der Waals surface area contributed by atoms with Crippen LogP contribution >= 0.6 is 0 Å². The van der Waals surface area contributed by atoms with Crippen molar-refractivity contribution in [3.63, 3.8) is 0 Å². The normalized spacial score (nSPS) is 37.0. The van der Waals surface area contributed by atoms with Crippen LogP contribution in [0, 0.1) is 11.8 Å². The van der Waals surface area contributed by atoms with Crippen molar-refractivity contribution in [3.05, 3.63) is 0 Å².